The van der Waals surface area contributed by atoms with Crippen LogP contribution in [0.15, 0.2) is 0 Å². The zero-order valence-electron chi connectivity index (χ0n) is 6.06. The second-order valence-corrected chi connectivity index (χ2v) is 4.48. The summed E-state index contributed by atoms with van der Waals surface area (Å²) in [6, 6.07) is 0. The lowest BCUT2D eigenvalue weighted by Gasteiger charge is -2.10. The van der Waals surface area contributed by atoms with Gasteiger partial charge in [0, 0.05) is 0 Å². The zero-order chi connectivity index (χ0) is 8.48. The van der Waals surface area contributed by atoms with E-state index in [1.54, 1.807) is 0 Å². The van der Waals surface area contributed by atoms with Crippen LogP contribution < -0.4 is 0 Å². The average molecular weight is 180 g/mol. The molecule has 0 unspecified atom stereocenters. The van der Waals surface area contributed by atoms with E-state index in [-0.39, 0.29) is 13.0 Å². The number of hydrogen-bond acceptors (Lipinski definition) is 4. The third-order valence-electron chi connectivity index (χ3n) is 2.04. The summed E-state index contributed by atoms with van der Waals surface area (Å²) >= 11 is 0. The molecule has 1 atom stereocenters. The van der Waals surface area contributed by atoms with Gasteiger partial charge < -0.3 is 10.2 Å². The van der Waals surface area contributed by atoms with Gasteiger partial charge in [0.25, 0.3) is 0 Å². The Morgan fingerprint density at radius 2 is 2.00 bits per heavy atom. The van der Waals surface area contributed by atoms with Crippen molar-refractivity contribution in [2.45, 2.75) is 30.1 Å². The lowest BCUT2D eigenvalue weighted by Crippen LogP contribution is -2.23. The smallest absolute Gasteiger partial charge is 0.145 e. The maximum absolute atomic E-state index is 10.6. The van der Waals surface area contributed by atoms with Crippen LogP contribution in [0, 0.1) is 0 Å². The van der Waals surface area contributed by atoms with E-state index in [1.165, 1.54) is 0 Å². The van der Waals surface area contributed by atoms with Crippen LogP contribution in [0.4, 0.5) is 0 Å². The summed E-state index contributed by atoms with van der Waals surface area (Å²) in [6.45, 7) is -0.356. The Bertz CT molecular complexity index is 199. The second kappa shape index (κ2) is 3.08. The molecule has 0 aromatic heterocycles. The molecule has 5 heteroatoms. The van der Waals surface area contributed by atoms with Crippen molar-refractivity contribution < 1.29 is 18.6 Å². The van der Waals surface area contributed by atoms with Gasteiger partial charge in [-0.05, 0) is 19.3 Å². The van der Waals surface area contributed by atoms with Gasteiger partial charge in [0.05, 0.1) is 17.5 Å². The standard InChI is InChI=1S/C6H12O4S/c7-4-5(8)3-6(1-2-6)11(9)10/h5,7-8,11H,1-4H2/t5-/m1/s1. The average Bonchev–Trinajstić information content (AvgIpc) is 2.69. The summed E-state index contributed by atoms with van der Waals surface area (Å²) in [5, 5.41) is 17.4. The van der Waals surface area contributed by atoms with E-state index in [9.17, 15) is 8.42 Å². The van der Waals surface area contributed by atoms with Crippen molar-refractivity contribution in [3.05, 3.63) is 0 Å². The topological polar surface area (TPSA) is 74.6 Å². The Balaban J connectivity index is 2.48. The summed E-state index contributed by atoms with van der Waals surface area (Å²) < 4.78 is 20.5. The van der Waals surface area contributed by atoms with Crippen LogP contribution in [0.1, 0.15) is 19.3 Å². The summed E-state index contributed by atoms with van der Waals surface area (Å²) in [7, 11) is -2.44. The minimum absolute atomic E-state index is 0.183. The Hall–Kier alpha value is -0.130. The van der Waals surface area contributed by atoms with Crippen LogP contribution in [0.2, 0.25) is 0 Å². The molecule has 1 saturated carbocycles. The van der Waals surface area contributed by atoms with Crippen LogP contribution >= 0.6 is 0 Å². The Morgan fingerprint density at radius 3 is 2.27 bits per heavy atom. The van der Waals surface area contributed by atoms with Crippen molar-refractivity contribution in [3.8, 4) is 0 Å². The van der Waals surface area contributed by atoms with Gasteiger partial charge in [-0.2, -0.15) is 0 Å². The maximum atomic E-state index is 10.6. The predicted octanol–water partition coefficient (Wildman–Crippen LogP) is -1.13. The van der Waals surface area contributed by atoms with Crippen molar-refractivity contribution in [1.29, 1.82) is 0 Å². The number of aliphatic hydroxyl groups excluding tert-OH is 2. The molecule has 0 spiro atoms. The molecule has 0 aliphatic heterocycles. The summed E-state index contributed by atoms with van der Waals surface area (Å²) in [5.74, 6) is 0. The zero-order valence-corrected chi connectivity index (χ0v) is 6.96. The molecule has 0 aromatic rings. The molecule has 11 heavy (non-hydrogen) atoms. The van der Waals surface area contributed by atoms with Gasteiger partial charge >= 0.3 is 0 Å². The molecule has 1 aliphatic rings. The van der Waals surface area contributed by atoms with E-state index in [2.05, 4.69) is 0 Å². The molecule has 2 N–H and O–H groups in total. The third-order valence-corrected chi connectivity index (χ3v) is 3.45. The van der Waals surface area contributed by atoms with E-state index >= 15 is 0 Å². The number of thiol groups is 1. The molecule has 66 valence electrons. The van der Waals surface area contributed by atoms with Crippen LogP contribution in [0.3, 0.4) is 0 Å². The normalized spacial score (nSPS) is 23.5. The van der Waals surface area contributed by atoms with E-state index in [0.717, 1.165) is 0 Å². The number of aliphatic hydroxyl groups is 2. The quantitative estimate of drug-likeness (QED) is 0.479. The van der Waals surface area contributed by atoms with Crippen molar-refractivity contribution in [1.82, 2.24) is 0 Å². The largest absolute Gasteiger partial charge is 0.394 e. The van der Waals surface area contributed by atoms with Crippen LogP contribution in [-0.2, 0) is 10.7 Å². The molecule has 1 aliphatic carbocycles. The van der Waals surface area contributed by atoms with Crippen LogP contribution in [0.25, 0.3) is 0 Å². The molecule has 0 heterocycles. The van der Waals surface area contributed by atoms with Crippen LogP contribution in [0.5, 0.6) is 0 Å². The summed E-state index contributed by atoms with van der Waals surface area (Å²) in [5.41, 5.74) is 0. The molecule has 1 fully saturated rings. The van der Waals surface area contributed by atoms with Gasteiger partial charge in [-0.3, -0.25) is 0 Å². The fourth-order valence-corrected chi connectivity index (χ4v) is 1.95. The number of rotatable bonds is 4. The highest BCUT2D eigenvalue weighted by Gasteiger charge is 2.47. The Kier molecular flexibility index (Phi) is 2.51. The fourth-order valence-electron chi connectivity index (χ4n) is 1.11. The number of hydrogen-bond donors (Lipinski definition) is 3. The molecule has 0 bridgehead atoms. The molecule has 0 aromatic carbocycles. The molecule has 0 saturated heterocycles. The molecular formula is C6H12O4S. The summed E-state index contributed by atoms with van der Waals surface area (Å²) in [6.07, 6.45) is 0.554. The van der Waals surface area contributed by atoms with Gasteiger partial charge in [0.2, 0.25) is 0 Å². The van der Waals surface area contributed by atoms with Crippen molar-refractivity contribution in [2.75, 3.05) is 6.61 Å². The minimum Gasteiger partial charge on any atom is -0.394 e. The summed E-state index contributed by atoms with van der Waals surface area (Å²) in [4.78, 5) is 0. The lowest BCUT2D eigenvalue weighted by molar-refractivity contribution is 0.0860. The van der Waals surface area contributed by atoms with E-state index < -0.39 is 21.6 Å². The first kappa shape index (κ1) is 8.96. The monoisotopic (exact) mass is 180 g/mol. The van der Waals surface area contributed by atoms with Gasteiger partial charge in [0.15, 0.2) is 0 Å². The van der Waals surface area contributed by atoms with Crippen molar-refractivity contribution >= 4 is 10.7 Å². The molecule has 0 amide bonds. The fraction of sp³-hybridized carbons (Fsp3) is 1.00. The maximum Gasteiger partial charge on any atom is 0.145 e. The molecule has 1 rings (SSSR count). The van der Waals surface area contributed by atoms with Gasteiger partial charge in [0.1, 0.15) is 10.7 Å². The Labute approximate surface area is 66.8 Å². The molecule has 4 nitrogen and oxygen atoms in total. The van der Waals surface area contributed by atoms with Crippen molar-refractivity contribution in [3.63, 3.8) is 0 Å². The van der Waals surface area contributed by atoms with E-state index in [0.29, 0.717) is 12.8 Å². The Morgan fingerprint density at radius 1 is 1.45 bits per heavy atom. The molecule has 0 radical (unpaired) electrons. The lowest BCUT2D eigenvalue weighted by atomic mass is 10.2. The highest BCUT2D eigenvalue weighted by atomic mass is 32.2. The molecular weight excluding hydrogens is 168 g/mol. The van der Waals surface area contributed by atoms with E-state index in [4.69, 9.17) is 10.2 Å². The highest BCUT2D eigenvalue weighted by Crippen LogP contribution is 2.43. The van der Waals surface area contributed by atoms with E-state index in [1.807, 2.05) is 0 Å². The van der Waals surface area contributed by atoms with Gasteiger partial charge in [-0.1, -0.05) is 0 Å². The SMILES string of the molecule is O=[SH](=O)C1(C[C@@H](O)CO)CC1. The first-order chi connectivity index (χ1) is 5.10. The highest BCUT2D eigenvalue weighted by molar-refractivity contribution is 7.74. The second-order valence-electron chi connectivity index (χ2n) is 3.02. The third kappa shape index (κ3) is 1.91. The minimum atomic E-state index is -2.44. The first-order valence-electron chi connectivity index (χ1n) is 3.54. The van der Waals surface area contributed by atoms with Crippen molar-refractivity contribution in [2.24, 2.45) is 0 Å². The van der Waals surface area contributed by atoms with Crippen LogP contribution in [-0.4, -0.2) is 36.1 Å². The first-order valence-corrected chi connectivity index (χ1v) is 4.72. The predicted molar refractivity (Wildman–Crippen MR) is 40.0 cm³/mol. The van der Waals surface area contributed by atoms with Gasteiger partial charge in [-0.15, -0.1) is 0 Å². The van der Waals surface area contributed by atoms with Gasteiger partial charge in [-0.25, -0.2) is 8.42 Å².